The zero-order chi connectivity index (χ0) is 11.5. The van der Waals surface area contributed by atoms with E-state index in [1.807, 2.05) is 26.1 Å². The SMILES string of the molecule is Cc1ccc(C(=O)CSc2ncnn2C)s1. The number of thiophene rings is 1. The lowest BCUT2D eigenvalue weighted by atomic mass is 10.3. The van der Waals surface area contributed by atoms with Crippen LogP contribution in [0.5, 0.6) is 0 Å². The maximum absolute atomic E-state index is 11.8. The summed E-state index contributed by atoms with van der Waals surface area (Å²) < 4.78 is 1.66. The number of hydrogen-bond donors (Lipinski definition) is 0. The Morgan fingerprint density at radius 1 is 1.56 bits per heavy atom. The first-order chi connectivity index (χ1) is 7.66. The summed E-state index contributed by atoms with van der Waals surface area (Å²) in [6.45, 7) is 2.00. The lowest BCUT2D eigenvalue weighted by Crippen LogP contribution is -2.01. The Hall–Kier alpha value is -1.14. The summed E-state index contributed by atoms with van der Waals surface area (Å²) in [7, 11) is 1.81. The molecule has 2 heterocycles. The molecule has 0 N–H and O–H groups in total. The predicted molar refractivity (Wildman–Crippen MR) is 65.1 cm³/mol. The standard InChI is InChI=1S/C10H11N3OS2/c1-7-3-4-9(16-7)8(14)5-15-10-11-6-12-13(10)2/h3-4,6H,5H2,1-2H3. The van der Waals surface area contributed by atoms with Crippen LogP contribution in [0.4, 0.5) is 0 Å². The van der Waals surface area contributed by atoms with E-state index in [0.717, 1.165) is 14.9 Å². The third kappa shape index (κ3) is 2.51. The zero-order valence-corrected chi connectivity index (χ0v) is 10.6. The summed E-state index contributed by atoms with van der Waals surface area (Å²) >= 11 is 2.94. The smallest absolute Gasteiger partial charge is 0.186 e. The lowest BCUT2D eigenvalue weighted by Gasteiger charge is -1.98. The highest BCUT2D eigenvalue weighted by Crippen LogP contribution is 2.20. The third-order valence-electron chi connectivity index (χ3n) is 2.02. The molecule has 0 amide bonds. The van der Waals surface area contributed by atoms with Crippen molar-refractivity contribution in [1.29, 1.82) is 0 Å². The van der Waals surface area contributed by atoms with E-state index >= 15 is 0 Å². The molecule has 2 rings (SSSR count). The Labute approximate surface area is 102 Å². The van der Waals surface area contributed by atoms with E-state index in [-0.39, 0.29) is 5.78 Å². The highest BCUT2D eigenvalue weighted by Gasteiger charge is 2.10. The number of carbonyl (C=O) groups is 1. The van der Waals surface area contributed by atoms with Gasteiger partial charge in [-0.25, -0.2) is 9.67 Å². The molecule has 2 aromatic heterocycles. The first-order valence-electron chi connectivity index (χ1n) is 4.73. The molecule has 0 spiro atoms. The van der Waals surface area contributed by atoms with Crippen molar-refractivity contribution >= 4 is 28.9 Å². The Morgan fingerprint density at radius 2 is 2.38 bits per heavy atom. The number of ketones is 1. The monoisotopic (exact) mass is 253 g/mol. The van der Waals surface area contributed by atoms with Crippen LogP contribution in [0.2, 0.25) is 0 Å². The summed E-state index contributed by atoms with van der Waals surface area (Å²) in [4.78, 5) is 17.8. The van der Waals surface area contributed by atoms with Gasteiger partial charge < -0.3 is 0 Å². The van der Waals surface area contributed by atoms with Crippen molar-refractivity contribution in [2.45, 2.75) is 12.1 Å². The van der Waals surface area contributed by atoms with E-state index in [2.05, 4.69) is 10.1 Å². The number of Topliss-reactive ketones (excluding diaryl/α,β-unsaturated/α-hetero) is 1. The van der Waals surface area contributed by atoms with E-state index in [1.54, 1.807) is 4.68 Å². The fraction of sp³-hybridized carbons (Fsp3) is 0.300. The van der Waals surface area contributed by atoms with E-state index < -0.39 is 0 Å². The molecular weight excluding hydrogens is 242 g/mol. The molecule has 0 saturated carbocycles. The Balaban J connectivity index is 1.96. The number of nitrogens with zero attached hydrogens (tertiary/aromatic N) is 3. The minimum Gasteiger partial charge on any atom is -0.292 e. The Kier molecular flexibility index (Phi) is 3.40. The maximum Gasteiger partial charge on any atom is 0.186 e. The van der Waals surface area contributed by atoms with Gasteiger partial charge in [0.2, 0.25) is 0 Å². The van der Waals surface area contributed by atoms with Gasteiger partial charge in [-0.2, -0.15) is 5.10 Å². The lowest BCUT2D eigenvalue weighted by molar-refractivity contribution is 0.102. The molecule has 84 valence electrons. The van der Waals surface area contributed by atoms with Gasteiger partial charge in [-0.05, 0) is 19.1 Å². The highest BCUT2D eigenvalue weighted by molar-refractivity contribution is 7.99. The molecule has 16 heavy (non-hydrogen) atoms. The number of carbonyl (C=O) groups excluding carboxylic acids is 1. The topological polar surface area (TPSA) is 47.8 Å². The molecule has 0 aliphatic carbocycles. The van der Waals surface area contributed by atoms with E-state index in [9.17, 15) is 4.79 Å². The van der Waals surface area contributed by atoms with E-state index in [4.69, 9.17) is 0 Å². The summed E-state index contributed by atoms with van der Waals surface area (Å²) in [6, 6.07) is 3.84. The van der Waals surface area contributed by atoms with Crippen LogP contribution in [0.3, 0.4) is 0 Å². The minimum absolute atomic E-state index is 0.145. The first kappa shape index (κ1) is 11.3. The number of thioether (sulfide) groups is 1. The molecule has 0 aromatic carbocycles. The maximum atomic E-state index is 11.8. The van der Waals surface area contributed by atoms with Crippen molar-refractivity contribution in [3.63, 3.8) is 0 Å². The second-order valence-electron chi connectivity index (χ2n) is 3.29. The van der Waals surface area contributed by atoms with E-state index in [0.29, 0.717) is 5.75 Å². The second-order valence-corrected chi connectivity index (χ2v) is 5.52. The molecular formula is C10H11N3OS2. The molecule has 4 nitrogen and oxygen atoms in total. The number of aryl methyl sites for hydroxylation is 2. The number of hydrogen-bond acceptors (Lipinski definition) is 5. The molecule has 0 bridgehead atoms. The first-order valence-corrected chi connectivity index (χ1v) is 6.53. The second kappa shape index (κ2) is 4.80. The van der Waals surface area contributed by atoms with Crippen LogP contribution in [0.1, 0.15) is 14.5 Å². The van der Waals surface area contributed by atoms with Gasteiger partial charge in [-0.3, -0.25) is 4.79 Å². The van der Waals surface area contributed by atoms with Crippen molar-refractivity contribution in [3.05, 3.63) is 28.2 Å². The minimum atomic E-state index is 0.145. The van der Waals surface area contributed by atoms with Crippen molar-refractivity contribution < 1.29 is 4.79 Å². The number of rotatable bonds is 4. The van der Waals surface area contributed by atoms with Gasteiger partial charge in [-0.1, -0.05) is 11.8 Å². The predicted octanol–water partition coefficient (Wildman–Crippen LogP) is 2.16. The quantitative estimate of drug-likeness (QED) is 0.619. The van der Waals surface area contributed by atoms with Crippen molar-refractivity contribution in [1.82, 2.24) is 14.8 Å². The molecule has 0 radical (unpaired) electrons. The van der Waals surface area contributed by atoms with Crippen LogP contribution in [-0.4, -0.2) is 26.3 Å². The molecule has 2 aromatic rings. The van der Waals surface area contributed by atoms with Crippen LogP contribution >= 0.6 is 23.1 Å². The van der Waals surface area contributed by atoms with Gasteiger partial charge in [0.25, 0.3) is 0 Å². The Bertz CT molecular complexity index is 504. The fourth-order valence-electron chi connectivity index (χ4n) is 1.20. The van der Waals surface area contributed by atoms with Gasteiger partial charge in [0.05, 0.1) is 10.6 Å². The van der Waals surface area contributed by atoms with Crippen LogP contribution in [0.25, 0.3) is 0 Å². The average Bonchev–Trinajstić information content (AvgIpc) is 2.84. The van der Waals surface area contributed by atoms with Crippen LogP contribution in [0, 0.1) is 6.92 Å². The molecule has 0 unspecified atom stereocenters. The number of aromatic nitrogens is 3. The van der Waals surface area contributed by atoms with Crippen LogP contribution in [-0.2, 0) is 7.05 Å². The molecule has 0 fully saturated rings. The van der Waals surface area contributed by atoms with Gasteiger partial charge in [0.1, 0.15) is 6.33 Å². The average molecular weight is 253 g/mol. The fourth-order valence-corrected chi connectivity index (χ4v) is 2.87. The van der Waals surface area contributed by atoms with Crippen LogP contribution in [0.15, 0.2) is 23.6 Å². The van der Waals surface area contributed by atoms with Gasteiger partial charge in [0, 0.05) is 11.9 Å². The third-order valence-corrected chi connectivity index (χ3v) is 4.09. The van der Waals surface area contributed by atoms with Gasteiger partial charge >= 0.3 is 0 Å². The van der Waals surface area contributed by atoms with Crippen molar-refractivity contribution in [2.24, 2.45) is 7.05 Å². The Morgan fingerprint density at radius 3 is 2.94 bits per heavy atom. The molecule has 0 atom stereocenters. The van der Waals surface area contributed by atoms with Gasteiger partial charge in [0.15, 0.2) is 10.9 Å². The van der Waals surface area contributed by atoms with Gasteiger partial charge in [-0.15, -0.1) is 11.3 Å². The molecule has 0 aliphatic rings. The zero-order valence-electron chi connectivity index (χ0n) is 9.01. The summed E-state index contributed by atoms with van der Waals surface area (Å²) in [5.41, 5.74) is 0. The summed E-state index contributed by atoms with van der Waals surface area (Å²) in [5, 5.41) is 4.71. The van der Waals surface area contributed by atoms with E-state index in [1.165, 1.54) is 29.4 Å². The molecule has 0 saturated heterocycles. The largest absolute Gasteiger partial charge is 0.292 e. The normalized spacial score (nSPS) is 10.6. The summed E-state index contributed by atoms with van der Waals surface area (Å²) in [6.07, 6.45) is 1.49. The highest BCUT2D eigenvalue weighted by atomic mass is 32.2. The van der Waals surface area contributed by atoms with Crippen LogP contribution < -0.4 is 0 Å². The molecule has 0 aliphatic heterocycles. The summed E-state index contributed by atoms with van der Waals surface area (Å²) in [5.74, 6) is 0.554. The molecule has 6 heteroatoms. The van der Waals surface area contributed by atoms with Crippen molar-refractivity contribution in [2.75, 3.05) is 5.75 Å². The van der Waals surface area contributed by atoms with Crippen molar-refractivity contribution in [3.8, 4) is 0 Å².